The average Bonchev–Trinajstić information content (AvgIpc) is 2.96. The predicted octanol–water partition coefficient (Wildman–Crippen LogP) is 3.37. The van der Waals surface area contributed by atoms with Gasteiger partial charge in [0.05, 0.1) is 0 Å². The molecule has 0 aliphatic carbocycles. The number of hydrogen-bond donors (Lipinski definition) is 0. The van der Waals surface area contributed by atoms with Gasteiger partial charge < -0.3 is 9.80 Å². The molecular weight excluding hydrogens is 314 g/mol. The Morgan fingerprint density at radius 1 is 0.880 bits per heavy atom. The monoisotopic (exact) mass is 337 g/mol. The van der Waals surface area contributed by atoms with Crippen LogP contribution >= 0.6 is 0 Å². The molecule has 1 fully saturated rings. The number of anilines is 1. The van der Waals surface area contributed by atoms with Crippen molar-refractivity contribution in [2.45, 2.75) is 25.7 Å². The molecule has 0 saturated carbocycles. The van der Waals surface area contributed by atoms with Crippen LogP contribution in [-0.4, -0.2) is 41.8 Å². The van der Waals surface area contributed by atoms with Gasteiger partial charge in [0.25, 0.3) is 11.8 Å². The van der Waals surface area contributed by atoms with Crippen LogP contribution in [0.3, 0.4) is 0 Å². The zero-order valence-electron chi connectivity index (χ0n) is 14.5. The lowest BCUT2D eigenvalue weighted by molar-refractivity contribution is 0.0755. The van der Waals surface area contributed by atoms with Crippen molar-refractivity contribution in [1.29, 1.82) is 0 Å². The van der Waals surface area contributed by atoms with Crippen LogP contribution in [-0.2, 0) is 0 Å². The highest BCUT2D eigenvalue weighted by atomic mass is 16.2. The van der Waals surface area contributed by atoms with Gasteiger partial charge in [-0.1, -0.05) is 37.1 Å². The first-order chi connectivity index (χ1) is 12.2. The third-order valence-corrected chi connectivity index (χ3v) is 4.53. The second-order valence-corrected chi connectivity index (χ2v) is 6.31. The standard InChI is InChI=1S/C20H23N3O2/c1-22(16-10-5-4-6-11-16)19(24)17-12-9-13-18(21-17)20(25)23-14-7-2-3-8-15-23/h4-6,9-13H,2-3,7-8,14-15H2,1H3. The number of amides is 2. The largest absolute Gasteiger partial charge is 0.337 e. The fourth-order valence-corrected chi connectivity index (χ4v) is 3.05. The summed E-state index contributed by atoms with van der Waals surface area (Å²) in [6, 6.07) is 14.5. The molecule has 1 aliphatic heterocycles. The van der Waals surface area contributed by atoms with E-state index in [1.54, 1.807) is 30.1 Å². The molecular formula is C20H23N3O2. The van der Waals surface area contributed by atoms with Crippen molar-refractivity contribution in [3.63, 3.8) is 0 Å². The van der Waals surface area contributed by atoms with Crippen molar-refractivity contribution in [2.24, 2.45) is 0 Å². The van der Waals surface area contributed by atoms with Crippen LogP contribution in [0.15, 0.2) is 48.5 Å². The number of likely N-dealkylation sites (tertiary alicyclic amines) is 1. The molecule has 25 heavy (non-hydrogen) atoms. The van der Waals surface area contributed by atoms with Crippen LogP contribution in [0.2, 0.25) is 0 Å². The smallest absolute Gasteiger partial charge is 0.276 e. The number of rotatable bonds is 3. The lowest BCUT2D eigenvalue weighted by Crippen LogP contribution is -2.33. The minimum atomic E-state index is -0.225. The van der Waals surface area contributed by atoms with Crippen LogP contribution in [0.4, 0.5) is 5.69 Å². The highest BCUT2D eigenvalue weighted by Crippen LogP contribution is 2.16. The average molecular weight is 337 g/mol. The number of benzene rings is 1. The molecule has 0 bridgehead atoms. The highest BCUT2D eigenvalue weighted by molar-refractivity contribution is 6.05. The Balaban J connectivity index is 1.78. The molecule has 0 unspecified atom stereocenters. The predicted molar refractivity (Wildman–Crippen MR) is 97.8 cm³/mol. The summed E-state index contributed by atoms with van der Waals surface area (Å²) >= 11 is 0. The Kier molecular flexibility index (Phi) is 5.43. The number of carbonyl (C=O) groups excluding carboxylic acids is 2. The van der Waals surface area contributed by atoms with E-state index >= 15 is 0 Å². The summed E-state index contributed by atoms with van der Waals surface area (Å²) in [6.07, 6.45) is 4.39. The summed E-state index contributed by atoms with van der Waals surface area (Å²) in [5.41, 5.74) is 1.42. The molecule has 5 heteroatoms. The number of nitrogens with zero attached hydrogens (tertiary/aromatic N) is 3. The molecule has 0 spiro atoms. The van der Waals surface area contributed by atoms with Gasteiger partial charge in [0.15, 0.2) is 0 Å². The number of aromatic nitrogens is 1. The summed E-state index contributed by atoms with van der Waals surface area (Å²) in [7, 11) is 1.71. The highest BCUT2D eigenvalue weighted by Gasteiger charge is 2.21. The fraction of sp³-hybridized carbons (Fsp3) is 0.350. The summed E-state index contributed by atoms with van der Waals surface area (Å²) in [5.74, 6) is -0.310. The summed E-state index contributed by atoms with van der Waals surface area (Å²) < 4.78 is 0. The van der Waals surface area contributed by atoms with Crippen molar-refractivity contribution < 1.29 is 9.59 Å². The third-order valence-electron chi connectivity index (χ3n) is 4.53. The van der Waals surface area contributed by atoms with Crippen LogP contribution in [0, 0.1) is 0 Å². The summed E-state index contributed by atoms with van der Waals surface area (Å²) in [6.45, 7) is 1.53. The zero-order valence-corrected chi connectivity index (χ0v) is 14.5. The topological polar surface area (TPSA) is 53.5 Å². The lowest BCUT2D eigenvalue weighted by atomic mass is 10.2. The fourth-order valence-electron chi connectivity index (χ4n) is 3.05. The van der Waals surface area contributed by atoms with Gasteiger partial charge in [-0.15, -0.1) is 0 Å². The van der Waals surface area contributed by atoms with Crippen LogP contribution < -0.4 is 4.90 Å². The maximum Gasteiger partial charge on any atom is 0.276 e. The Morgan fingerprint density at radius 2 is 1.52 bits per heavy atom. The second kappa shape index (κ2) is 7.92. The Morgan fingerprint density at radius 3 is 2.20 bits per heavy atom. The quantitative estimate of drug-likeness (QED) is 0.863. The van der Waals surface area contributed by atoms with Gasteiger partial charge in [-0.25, -0.2) is 4.98 Å². The maximum absolute atomic E-state index is 12.7. The van der Waals surface area contributed by atoms with Gasteiger partial charge in [-0.2, -0.15) is 0 Å². The first kappa shape index (κ1) is 17.1. The lowest BCUT2D eigenvalue weighted by Gasteiger charge is -2.20. The normalized spacial score (nSPS) is 14.7. The Hall–Kier alpha value is -2.69. The maximum atomic E-state index is 12.7. The molecule has 1 aromatic heterocycles. The molecule has 0 N–H and O–H groups in total. The number of carbonyl (C=O) groups is 2. The SMILES string of the molecule is CN(C(=O)c1cccc(C(=O)N2CCCCCC2)n1)c1ccccc1. The van der Waals surface area contributed by atoms with E-state index in [4.69, 9.17) is 0 Å². The molecule has 2 aromatic rings. The molecule has 1 aliphatic rings. The zero-order chi connectivity index (χ0) is 17.6. The molecule has 3 rings (SSSR count). The minimum Gasteiger partial charge on any atom is -0.337 e. The van der Waals surface area contributed by atoms with Crippen LogP contribution in [0.25, 0.3) is 0 Å². The van der Waals surface area contributed by atoms with E-state index in [-0.39, 0.29) is 17.5 Å². The third kappa shape index (κ3) is 4.05. The van der Waals surface area contributed by atoms with Crippen molar-refractivity contribution in [2.75, 3.05) is 25.0 Å². The molecule has 1 aromatic carbocycles. The molecule has 2 heterocycles. The Labute approximate surface area is 148 Å². The van der Waals surface area contributed by atoms with Crippen LogP contribution in [0.1, 0.15) is 46.7 Å². The first-order valence-electron chi connectivity index (χ1n) is 8.76. The van der Waals surface area contributed by atoms with E-state index in [9.17, 15) is 9.59 Å². The van der Waals surface area contributed by atoms with E-state index in [0.29, 0.717) is 5.69 Å². The number of para-hydroxylation sites is 1. The van der Waals surface area contributed by atoms with E-state index < -0.39 is 0 Å². The number of pyridine rings is 1. The van der Waals surface area contributed by atoms with E-state index in [0.717, 1.165) is 44.5 Å². The molecule has 5 nitrogen and oxygen atoms in total. The van der Waals surface area contributed by atoms with Gasteiger partial charge in [0, 0.05) is 25.8 Å². The van der Waals surface area contributed by atoms with Crippen molar-refractivity contribution in [3.8, 4) is 0 Å². The molecule has 1 saturated heterocycles. The molecule has 0 radical (unpaired) electrons. The van der Waals surface area contributed by atoms with Gasteiger partial charge in [0.2, 0.25) is 0 Å². The van der Waals surface area contributed by atoms with Gasteiger partial charge in [-0.3, -0.25) is 9.59 Å². The Bertz CT molecular complexity index is 738. The van der Waals surface area contributed by atoms with E-state index in [1.807, 2.05) is 35.2 Å². The van der Waals surface area contributed by atoms with Crippen molar-refractivity contribution >= 4 is 17.5 Å². The van der Waals surface area contributed by atoms with E-state index in [2.05, 4.69) is 4.98 Å². The first-order valence-corrected chi connectivity index (χ1v) is 8.76. The second-order valence-electron chi connectivity index (χ2n) is 6.31. The van der Waals surface area contributed by atoms with Crippen molar-refractivity contribution in [1.82, 2.24) is 9.88 Å². The van der Waals surface area contributed by atoms with Gasteiger partial charge in [-0.05, 0) is 37.1 Å². The summed E-state index contributed by atoms with van der Waals surface area (Å²) in [5, 5.41) is 0. The molecule has 130 valence electrons. The van der Waals surface area contributed by atoms with Crippen LogP contribution in [0.5, 0.6) is 0 Å². The summed E-state index contributed by atoms with van der Waals surface area (Å²) in [4.78, 5) is 33.1. The molecule has 0 atom stereocenters. The molecule has 2 amide bonds. The van der Waals surface area contributed by atoms with Gasteiger partial charge in [0.1, 0.15) is 11.4 Å². The van der Waals surface area contributed by atoms with E-state index in [1.165, 1.54) is 0 Å². The number of hydrogen-bond acceptors (Lipinski definition) is 3. The minimum absolute atomic E-state index is 0.0843. The van der Waals surface area contributed by atoms with Gasteiger partial charge >= 0.3 is 0 Å². The van der Waals surface area contributed by atoms with Crippen molar-refractivity contribution in [3.05, 3.63) is 59.9 Å².